The maximum Gasteiger partial charge on any atom is 0.0993 e. The van der Waals surface area contributed by atoms with Crippen LogP contribution in [0.15, 0.2) is 88.7 Å². The summed E-state index contributed by atoms with van der Waals surface area (Å²) in [5.74, 6) is 2.15. The number of amidine groups is 1. The third-order valence-corrected chi connectivity index (χ3v) is 7.01. The Morgan fingerprint density at radius 3 is 1.94 bits per heavy atom. The minimum atomic E-state index is -0.0763. The fourth-order valence-electron chi connectivity index (χ4n) is 5.03. The highest BCUT2D eigenvalue weighted by Crippen LogP contribution is 2.38. The van der Waals surface area contributed by atoms with E-state index >= 15 is 0 Å². The molecule has 0 amide bonds. The number of hydrogen-bond acceptors (Lipinski definition) is 1. The first-order valence-corrected chi connectivity index (χ1v) is 12.8. The molecule has 0 aromatic carbocycles. The molecular formula is C32H50N2. The highest BCUT2D eigenvalue weighted by Gasteiger charge is 2.29. The van der Waals surface area contributed by atoms with Crippen LogP contribution in [0, 0.1) is 17.3 Å². The van der Waals surface area contributed by atoms with Crippen LogP contribution in [0.1, 0.15) is 88.0 Å². The van der Waals surface area contributed by atoms with Crippen LogP contribution in [0.25, 0.3) is 0 Å². The van der Waals surface area contributed by atoms with Gasteiger partial charge in [-0.1, -0.05) is 87.6 Å². The second-order valence-electron chi connectivity index (χ2n) is 10.9. The van der Waals surface area contributed by atoms with Crippen LogP contribution < -0.4 is 5.32 Å². The molecule has 1 aliphatic rings. The van der Waals surface area contributed by atoms with Gasteiger partial charge in [0.15, 0.2) is 0 Å². The molecule has 1 rings (SSSR count). The van der Waals surface area contributed by atoms with Gasteiger partial charge in [-0.2, -0.15) is 0 Å². The van der Waals surface area contributed by atoms with E-state index in [2.05, 4.69) is 106 Å². The van der Waals surface area contributed by atoms with Gasteiger partial charge in [0, 0.05) is 17.5 Å². The average molecular weight is 463 g/mol. The molecule has 1 aliphatic carbocycles. The van der Waals surface area contributed by atoms with Gasteiger partial charge in [0.05, 0.1) is 11.5 Å². The summed E-state index contributed by atoms with van der Waals surface area (Å²) in [5, 5.41) is 3.73. The van der Waals surface area contributed by atoms with E-state index in [0.29, 0.717) is 17.9 Å². The van der Waals surface area contributed by atoms with Crippen LogP contribution in [-0.4, -0.2) is 11.9 Å². The molecule has 1 fully saturated rings. The van der Waals surface area contributed by atoms with Crippen LogP contribution in [0.5, 0.6) is 0 Å². The lowest BCUT2D eigenvalue weighted by Crippen LogP contribution is -2.38. The van der Waals surface area contributed by atoms with E-state index in [9.17, 15) is 0 Å². The van der Waals surface area contributed by atoms with Crippen LogP contribution in [-0.2, 0) is 0 Å². The van der Waals surface area contributed by atoms with Gasteiger partial charge in [0.1, 0.15) is 0 Å². The van der Waals surface area contributed by atoms with Gasteiger partial charge in [-0.25, -0.2) is 4.99 Å². The second-order valence-corrected chi connectivity index (χ2v) is 10.9. The van der Waals surface area contributed by atoms with Gasteiger partial charge >= 0.3 is 0 Å². The van der Waals surface area contributed by atoms with Gasteiger partial charge in [-0.3, -0.25) is 0 Å². The molecule has 2 nitrogen and oxygen atoms in total. The molecule has 1 atom stereocenters. The molecule has 1 N–H and O–H groups in total. The predicted molar refractivity (Wildman–Crippen MR) is 154 cm³/mol. The molecule has 0 aromatic rings. The fourth-order valence-corrected chi connectivity index (χ4v) is 5.03. The fraction of sp³-hybridized carbons (Fsp3) is 0.531. The maximum atomic E-state index is 5.11. The van der Waals surface area contributed by atoms with E-state index in [1.54, 1.807) is 0 Å². The third kappa shape index (κ3) is 8.46. The Hall–Kier alpha value is -2.35. The highest BCUT2D eigenvalue weighted by atomic mass is 15.0. The van der Waals surface area contributed by atoms with Crippen molar-refractivity contribution in [2.45, 2.75) is 94.0 Å². The van der Waals surface area contributed by atoms with Gasteiger partial charge in [-0.05, 0) is 84.1 Å². The molecule has 188 valence electrons. The van der Waals surface area contributed by atoms with Crippen molar-refractivity contribution < 1.29 is 0 Å². The van der Waals surface area contributed by atoms with Gasteiger partial charge in [0.2, 0.25) is 0 Å². The zero-order chi connectivity index (χ0) is 26.1. The SMILES string of the molecule is C=CC(=C/C(C)=C\C)/C(/N=C(\C)NC1CCC(C(C(=C)C)/C(C)=C/C)CC1)=C(/C=C)C(C)(C)C. The molecular weight excluding hydrogens is 412 g/mol. The Kier molecular flexibility index (Phi) is 11.8. The van der Waals surface area contributed by atoms with Crippen LogP contribution in [0.4, 0.5) is 0 Å². The summed E-state index contributed by atoms with van der Waals surface area (Å²) in [6.45, 7) is 31.9. The molecule has 1 saturated carbocycles. The van der Waals surface area contributed by atoms with Crippen molar-refractivity contribution in [2.24, 2.45) is 22.2 Å². The van der Waals surface area contributed by atoms with Gasteiger partial charge in [0.25, 0.3) is 0 Å². The van der Waals surface area contributed by atoms with E-state index in [1.165, 1.54) is 29.6 Å². The molecule has 1 unspecified atom stereocenters. The van der Waals surface area contributed by atoms with Crippen molar-refractivity contribution in [3.05, 3.63) is 83.7 Å². The van der Waals surface area contributed by atoms with Crippen LogP contribution in [0.2, 0.25) is 0 Å². The molecule has 34 heavy (non-hydrogen) atoms. The Bertz CT molecular complexity index is 888. The first-order chi connectivity index (χ1) is 15.9. The van der Waals surface area contributed by atoms with Crippen molar-refractivity contribution in [2.75, 3.05) is 0 Å². The summed E-state index contributed by atoms with van der Waals surface area (Å²) in [7, 11) is 0. The normalized spacial score (nSPS) is 22.6. The molecule has 0 heterocycles. The van der Waals surface area contributed by atoms with Crippen molar-refractivity contribution in [3.63, 3.8) is 0 Å². The lowest BCUT2D eigenvalue weighted by molar-refractivity contribution is 0.268. The van der Waals surface area contributed by atoms with E-state index in [0.717, 1.165) is 35.5 Å². The molecule has 0 spiro atoms. The zero-order valence-electron chi connectivity index (χ0n) is 23.5. The Labute approximate surface area is 211 Å². The summed E-state index contributed by atoms with van der Waals surface area (Å²) >= 11 is 0. The van der Waals surface area contributed by atoms with Crippen molar-refractivity contribution in [3.8, 4) is 0 Å². The number of nitrogens with zero attached hydrogens (tertiary/aromatic N) is 1. The quantitative estimate of drug-likeness (QED) is 0.157. The topological polar surface area (TPSA) is 24.4 Å². The van der Waals surface area contributed by atoms with Crippen LogP contribution in [0.3, 0.4) is 0 Å². The molecule has 0 bridgehead atoms. The lowest BCUT2D eigenvalue weighted by atomic mass is 9.73. The number of nitrogens with one attached hydrogen (secondary N) is 1. The predicted octanol–water partition coefficient (Wildman–Crippen LogP) is 9.28. The Morgan fingerprint density at radius 1 is 0.941 bits per heavy atom. The summed E-state index contributed by atoms with van der Waals surface area (Å²) in [4.78, 5) is 5.11. The molecule has 0 radical (unpaired) electrons. The minimum absolute atomic E-state index is 0.0763. The van der Waals surface area contributed by atoms with E-state index in [-0.39, 0.29) is 5.41 Å². The van der Waals surface area contributed by atoms with E-state index < -0.39 is 0 Å². The largest absolute Gasteiger partial charge is 0.371 e. The zero-order valence-corrected chi connectivity index (χ0v) is 23.5. The monoisotopic (exact) mass is 462 g/mol. The minimum Gasteiger partial charge on any atom is -0.371 e. The Balaban J connectivity index is 3.19. The lowest BCUT2D eigenvalue weighted by Gasteiger charge is -2.35. The smallest absolute Gasteiger partial charge is 0.0993 e. The highest BCUT2D eigenvalue weighted by molar-refractivity contribution is 5.82. The van der Waals surface area contributed by atoms with E-state index in [4.69, 9.17) is 4.99 Å². The number of hydrogen-bond donors (Lipinski definition) is 1. The molecule has 0 saturated heterocycles. The summed E-state index contributed by atoms with van der Waals surface area (Å²) in [5.41, 5.74) is 6.95. The molecule has 0 aromatic heterocycles. The molecule has 2 heteroatoms. The summed E-state index contributed by atoms with van der Waals surface area (Å²) in [6.07, 6.45) is 15.1. The number of allylic oxidation sites excluding steroid dienone is 9. The average Bonchev–Trinajstić information content (AvgIpc) is 2.77. The maximum absolute atomic E-state index is 5.11. The first-order valence-electron chi connectivity index (χ1n) is 12.8. The van der Waals surface area contributed by atoms with E-state index in [1.807, 2.05) is 12.2 Å². The van der Waals surface area contributed by atoms with Crippen molar-refractivity contribution in [1.29, 1.82) is 0 Å². The number of rotatable bonds is 9. The van der Waals surface area contributed by atoms with Crippen molar-refractivity contribution in [1.82, 2.24) is 5.32 Å². The summed E-state index contributed by atoms with van der Waals surface area (Å²) < 4.78 is 0. The second kappa shape index (κ2) is 13.5. The van der Waals surface area contributed by atoms with Crippen molar-refractivity contribution >= 4 is 5.84 Å². The third-order valence-electron chi connectivity index (χ3n) is 7.01. The van der Waals surface area contributed by atoms with Crippen LogP contribution >= 0.6 is 0 Å². The van der Waals surface area contributed by atoms with Gasteiger partial charge in [-0.15, -0.1) is 0 Å². The summed E-state index contributed by atoms with van der Waals surface area (Å²) in [6, 6.07) is 0.452. The van der Waals surface area contributed by atoms with Gasteiger partial charge < -0.3 is 5.32 Å². The Morgan fingerprint density at radius 2 is 1.53 bits per heavy atom. The standard InChI is InChI=1S/C32H50N2/c1-13-23(7)21-26(15-3)31(29(16-4)32(10,11)12)34-25(9)33-28-19-17-27(18-20-28)30(22(5)6)24(8)14-2/h13-16,21,27-28,30H,3-5,17-20H2,1-2,6-12H3,(H,33,34)/b23-13-,24-14+,26-21-,31-29+. The number of aliphatic imine (C=N–C) groups is 1. The first kappa shape index (κ1) is 29.7. The molecule has 0 aliphatic heterocycles.